The van der Waals surface area contributed by atoms with E-state index in [1.54, 1.807) is 17.4 Å². The number of alkyl halides is 3. The van der Waals surface area contributed by atoms with Crippen LogP contribution in [-0.2, 0) is 6.18 Å². The van der Waals surface area contributed by atoms with Gasteiger partial charge in [0.2, 0.25) is 0 Å². The summed E-state index contributed by atoms with van der Waals surface area (Å²) in [6.45, 7) is 1.89. The van der Waals surface area contributed by atoms with Crippen LogP contribution in [0, 0.1) is 6.92 Å². The third-order valence-corrected chi connectivity index (χ3v) is 3.74. The maximum atomic E-state index is 12.6. The van der Waals surface area contributed by atoms with Gasteiger partial charge in [0, 0.05) is 5.39 Å². The maximum absolute atomic E-state index is 12.6. The van der Waals surface area contributed by atoms with Crippen LogP contribution in [0.2, 0.25) is 0 Å². The van der Waals surface area contributed by atoms with Gasteiger partial charge >= 0.3 is 6.18 Å². The molecular formula is C13H8F3NS. The summed E-state index contributed by atoms with van der Waals surface area (Å²) in [5, 5.41) is 2.25. The lowest BCUT2D eigenvalue weighted by molar-refractivity contribution is -0.137. The Morgan fingerprint density at radius 1 is 1.11 bits per heavy atom. The molecule has 1 heterocycles. The van der Waals surface area contributed by atoms with E-state index in [9.17, 15) is 13.2 Å². The highest BCUT2D eigenvalue weighted by atomic mass is 32.1. The van der Waals surface area contributed by atoms with Crippen molar-refractivity contribution in [2.75, 3.05) is 0 Å². The molecule has 0 N–H and O–H groups in total. The van der Waals surface area contributed by atoms with Crippen LogP contribution in [0.25, 0.3) is 21.0 Å². The van der Waals surface area contributed by atoms with Crippen LogP contribution in [0.3, 0.4) is 0 Å². The molecule has 0 aliphatic rings. The fraction of sp³-hybridized carbons (Fsp3) is 0.154. The minimum absolute atomic E-state index is 0.572. The van der Waals surface area contributed by atoms with Crippen LogP contribution in [0.4, 0.5) is 13.2 Å². The minimum Gasteiger partial charge on any atom is -0.241 e. The van der Waals surface area contributed by atoms with Crippen LogP contribution in [-0.4, -0.2) is 4.98 Å². The second-order valence-electron chi connectivity index (χ2n) is 4.08. The van der Waals surface area contributed by atoms with Crippen molar-refractivity contribution in [3.8, 4) is 0 Å². The van der Waals surface area contributed by atoms with Gasteiger partial charge < -0.3 is 0 Å². The molecular weight excluding hydrogens is 259 g/mol. The predicted molar refractivity (Wildman–Crippen MR) is 66.9 cm³/mol. The highest BCUT2D eigenvalue weighted by Crippen LogP contribution is 2.34. The van der Waals surface area contributed by atoms with Gasteiger partial charge in [0.1, 0.15) is 0 Å². The summed E-state index contributed by atoms with van der Waals surface area (Å²) < 4.78 is 38.9. The lowest BCUT2D eigenvalue weighted by Gasteiger charge is -2.07. The molecule has 0 aliphatic carbocycles. The van der Waals surface area contributed by atoms with Crippen LogP contribution in [0.15, 0.2) is 30.3 Å². The zero-order valence-electron chi connectivity index (χ0n) is 9.38. The molecule has 0 radical (unpaired) electrons. The Labute approximate surface area is 105 Å². The molecule has 18 heavy (non-hydrogen) atoms. The summed E-state index contributed by atoms with van der Waals surface area (Å²) in [4.78, 5) is 4.37. The van der Waals surface area contributed by atoms with Crippen LogP contribution in [0.5, 0.6) is 0 Å². The Kier molecular flexibility index (Phi) is 2.35. The molecule has 0 bridgehead atoms. The lowest BCUT2D eigenvalue weighted by Crippen LogP contribution is -2.04. The molecule has 2 aromatic carbocycles. The molecule has 92 valence electrons. The van der Waals surface area contributed by atoms with Crippen molar-refractivity contribution in [3.63, 3.8) is 0 Å². The topological polar surface area (TPSA) is 12.9 Å². The van der Waals surface area contributed by atoms with Crippen molar-refractivity contribution in [1.82, 2.24) is 4.98 Å². The van der Waals surface area contributed by atoms with E-state index in [4.69, 9.17) is 0 Å². The SMILES string of the molecule is Cc1nc2c(ccc3cc(C(F)(F)F)ccc32)s1. The predicted octanol–water partition coefficient (Wildman–Crippen LogP) is 4.78. The standard InChI is InChI=1S/C13H8F3NS/c1-7-17-12-10-4-3-9(13(14,15)16)6-8(10)2-5-11(12)18-7/h2-6H,1H3. The number of benzene rings is 2. The van der Waals surface area contributed by atoms with Gasteiger partial charge in [0.15, 0.2) is 0 Å². The number of hydrogen-bond acceptors (Lipinski definition) is 2. The van der Waals surface area contributed by atoms with Gasteiger partial charge in [0.05, 0.1) is 20.8 Å². The van der Waals surface area contributed by atoms with E-state index in [2.05, 4.69) is 4.98 Å². The second kappa shape index (κ2) is 3.68. The van der Waals surface area contributed by atoms with Gasteiger partial charge in [-0.1, -0.05) is 12.1 Å². The molecule has 0 saturated carbocycles. The largest absolute Gasteiger partial charge is 0.416 e. The zero-order valence-corrected chi connectivity index (χ0v) is 10.2. The molecule has 0 unspecified atom stereocenters. The minimum atomic E-state index is -4.30. The quantitative estimate of drug-likeness (QED) is 0.571. The average Bonchev–Trinajstić information content (AvgIpc) is 2.68. The van der Waals surface area contributed by atoms with Gasteiger partial charge in [-0.3, -0.25) is 0 Å². The summed E-state index contributed by atoms with van der Waals surface area (Å²) in [6, 6.07) is 7.31. The number of thiazole rings is 1. The Hall–Kier alpha value is -1.62. The molecule has 1 nitrogen and oxygen atoms in total. The second-order valence-corrected chi connectivity index (χ2v) is 5.31. The van der Waals surface area contributed by atoms with Crippen molar-refractivity contribution in [3.05, 3.63) is 40.9 Å². The highest BCUT2D eigenvalue weighted by molar-refractivity contribution is 7.18. The summed E-state index contributed by atoms with van der Waals surface area (Å²) in [5.41, 5.74) is 0.157. The fourth-order valence-electron chi connectivity index (χ4n) is 2.01. The summed E-state index contributed by atoms with van der Waals surface area (Å²) >= 11 is 1.54. The number of hydrogen-bond donors (Lipinski definition) is 0. The van der Waals surface area contributed by atoms with Crippen molar-refractivity contribution in [1.29, 1.82) is 0 Å². The average molecular weight is 267 g/mol. The number of nitrogens with zero attached hydrogens (tertiary/aromatic N) is 1. The van der Waals surface area contributed by atoms with Crippen molar-refractivity contribution in [2.24, 2.45) is 0 Å². The van der Waals surface area contributed by atoms with Crippen LogP contribution >= 0.6 is 11.3 Å². The van der Waals surface area contributed by atoms with E-state index >= 15 is 0 Å². The first kappa shape index (κ1) is 11.5. The molecule has 0 aliphatic heterocycles. The molecule has 0 saturated heterocycles. The summed E-state index contributed by atoms with van der Waals surface area (Å²) in [7, 11) is 0. The van der Waals surface area contributed by atoms with Gasteiger partial charge in [-0.05, 0) is 30.5 Å². The van der Waals surface area contributed by atoms with Gasteiger partial charge in [0.25, 0.3) is 0 Å². The van der Waals surface area contributed by atoms with Crippen molar-refractivity contribution >= 4 is 32.3 Å². The third-order valence-electron chi connectivity index (χ3n) is 2.81. The number of aromatic nitrogens is 1. The van der Waals surface area contributed by atoms with Gasteiger partial charge in [-0.25, -0.2) is 4.98 Å². The number of rotatable bonds is 0. The molecule has 3 aromatic rings. The van der Waals surface area contributed by atoms with Crippen LogP contribution < -0.4 is 0 Å². The molecule has 0 amide bonds. The monoisotopic (exact) mass is 267 g/mol. The summed E-state index contributed by atoms with van der Waals surface area (Å²) in [5.74, 6) is 0. The smallest absolute Gasteiger partial charge is 0.241 e. The third kappa shape index (κ3) is 1.75. The Morgan fingerprint density at radius 3 is 2.61 bits per heavy atom. The normalized spacial score (nSPS) is 12.4. The Morgan fingerprint density at radius 2 is 1.89 bits per heavy atom. The number of fused-ring (bicyclic) bond motifs is 3. The summed E-state index contributed by atoms with van der Waals surface area (Å²) in [6.07, 6.45) is -4.30. The first-order chi connectivity index (χ1) is 8.45. The van der Waals surface area contributed by atoms with Gasteiger partial charge in [-0.2, -0.15) is 13.2 Å². The van der Waals surface area contributed by atoms with Gasteiger partial charge in [-0.15, -0.1) is 11.3 Å². The highest BCUT2D eigenvalue weighted by Gasteiger charge is 2.30. The van der Waals surface area contributed by atoms with Crippen molar-refractivity contribution in [2.45, 2.75) is 13.1 Å². The Balaban J connectivity index is 2.34. The molecule has 1 aromatic heterocycles. The van der Waals surface area contributed by atoms with E-state index < -0.39 is 11.7 Å². The lowest BCUT2D eigenvalue weighted by atomic mass is 10.1. The first-order valence-corrected chi connectivity index (χ1v) is 6.14. The Bertz CT molecular complexity index is 743. The van der Waals surface area contributed by atoms with E-state index in [0.717, 1.165) is 26.7 Å². The fourth-order valence-corrected chi connectivity index (χ4v) is 2.85. The van der Waals surface area contributed by atoms with Crippen LogP contribution in [0.1, 0.15) is 10.6 Å². The maximum Gasteiger partial charge on any atom is 0.416 e. The molecule has 0 fully saturated rings. The number of halogens is 3. The number of aryl methyl sites for hydroxylation is 1. The first-order valence-electron chi connectivity index (χ1n) is 5.32. The molecule has 3 rings (SSSR count). The van der Waals surface area contributed by atoms with E-state index in [-0.39, 0.29) is 0 Å². The molecule has 0 spiro atoms. The van der Waals surface area contributed by atoms with E-state index in [1.165, 1.54) is 12.1 Å². The van der Waals surface area contributed by atoms with E-state index in [0.29, 0.717) is 5.39 Å². The zero-order chi connectivity index (χ0) is 12.9. The van der Waals surface area contributed by atoms with E-state index in [1.807, 2.05) is 13.0 Å². The molecule has 5 heteroatoms. The van der Waals surface area contributed by atoms with Crippen molar-refractivity contribution < 1.29 is 13.2 Å². The molecule has 0 atom stereocenters.